The van der Waals surface area contributed by atoms with Gasteiger partial charge in [0.1, 0.15) is 0 Å². The highest BCUT2D eigenvalue weighted by atomic mass is 16.7. The van der Waals surface area contributed by atoms with Crippen molar-refractivity contribution < 1.29 is 55.1 Å². The van der Waals surface area contributed by atoms with Crippen LogP contribution in [0.5, 0.6) is 0 Å². The molecule has 1 N–H and O–H groups in total. The summed E-state index contributed by atoms with van der Waals surface area (Å²) < 4.78 is 10.1. The van der Waals surface area contributed by atoms with Gasteiger partial charge < -0.3 is 14.6 Å². The summed E-state index contributed by atoms with van der Waals surface area (Å²) in [6, 6.07) is 0. The summed E-state index contributed by atoms with van der Waals surface area (Å²) >= 11 is 0. The van der Waals surface area contributed by atoms with Crippen molar-refractivity contribution >= 4 is 5.97 Å². The van der Waals surface area contributed by atoms with E-state index < -0.39 is 12.3 Å². The SMILES string of the molecule is [CH2]C(OC=C(C)C(=O)O)OCCCC.[CH2]C[O].[CH2]C[O].[CH2]C[O].[CH2]C[O].[CH2]C[O].[CH2]C[O].[CH2]C[O]. The first kappa shape index (κ1) is 54.6. The Bertz CT molecular complexity index is 284. The third-order valence-corrected chi connectivity index (χ3v) is 1.54. The van der Waals surface area contributed by atoms with Crippen LogP contribution in [0.1, 0.15) is 26.7 Å². The van der Waals surface area contributed by atoms with Gasteiger partial charge in [0, 0.05) is 6.92 Å². The molecule has 0 aromatic carbocycles. The van der Waals surface area contributed by atoms with Gasteiger partial charge in [0.25, 0.3) is 0 Å². The third kappa shape index (κ3) is 191. The molecule has 1 atom stereocenters. The summed E-state index contributed by atoms with van der Waals surface area (Å²) in [5, 5.41) is 70.2. The number of carboxylic acids is 1. The molecule has 1 unspecified atom stereocenters. The Labute approximate surface area is 214 Å². The predicted octanol–water partition coefficient (Wildman–Crippen LogP) is 3.73. The van der Waals surface area contributed by atoms with Gasteiger partial charge in [-0.15, -0.1) is 0 Å². The minimum absolute atomic E-state index is 0.123. The number of ether oxygens (including phenoxy) is 2. The Kier molecular flexibility index (Phi) is 120. The highest BCUT2D eigenvalue weighted by Crippen LogP contribution is 2.00. The van der Waals surface area contributed by atoms with E-state index in [1.165, 1.54) is 6.92 Å². The van der Waals surface area contributed by atoms with Crippen molar-refractivity contribution in [3.63, 3.8) is 0 Å². The monoisotopic (exact) mass is 509 g/mol. The number of rotatable bonds is 7. The van der Waals surface area contributed by atoms with Crippen molar-refractivity contribution in [3.05, 3.63) is 67.2 Å². The van der Waals surface area contributed by atoms with E-state index in [0.717, 1.165) is 19.1 Å². The maximum absolute atomic E-state index is 10.4. The molecule has 0 spiro atoms. The zero-order valence-electron chi connectivity index (χ0n) is 21.4. The second-order valence-corrected chi connectivity index (χ2v) is 4.32. The van der Waals surface area contributed by atoms with Crippen LogP contribution < -0.4 is 0 Å². The summed E-state index contributed by atoms with van der Waals surface area (Å²) in [6.45, 7) is 26.4. The average molecular weight is 510 g/mol. The van der Waals surface area contributed by atoms with Crippen LogP contribution in [0, 0.1) is 55.4 Å². The van der Waals surface area contributed by atoms with Crippen molar-refractivity contribution in [2.75, 3.05) is 52.9 Å². The van der Waals surface area contributed by atoms with Gasteiger partial charge in [-0.1, -0.05) is 13.3 Å². The Morgan fingerprint density at radius 3 is 1.20 bits per heavy atom. The normalized spacial score (nSPS) is 9.11. The molecular weight excluding hydrogens is 464 g/mol. The Balaban J connectivity index is -0.0000000475. The molecule has 35 heavy (non-hydrogen) atoms. The van der Waals surface area contributed by atoms with Gasteiger partial charge in [-0.3, -0.25) is 0 Å². The quantitative estimate of drug-likeness (QED) is 0.236. The van der Waals surface area contributed by atoms with E-state index in [0.29, 0.717) is 6.61 Å². The van der Waals surface area contributed by atoms with E-state index >= 15 is 0 Å². The third-order valence-electron chi connectivity index (χ3n) is 1.54. The number of hydrogen-bond acceptors (Lipinski definition) is 3. The maximum atomic E-state index is 10.4. The lowest BCUT2D eigenvalue weighted by atomic mass is 10.3. The number of carboxylic acid groups (broad SMARTS) is 1. The second kappa shape index (κ2) is 76.7. The molecular formula is C24H45O11. The summed E-state index contributed by atoms with van der Waals surface area (Å²) in [4.78, 5) is 10.4. The van der Waals surface area contributed by atoms with Crippen LogP contribution >= 0.6 is 0 Å². The van der Waals surface area contributed by atoms with E-state index in [4.69, 9.17) is 50.3 Å². The number of carbonyl (C=O) groups is 1. The van der Waals surface area contributed by atoms with Crippen LogP contribution in [0.4, 0.5) is 0 Å². The topological polar surface area (TPSA) is 195 Å². The summed E-state index contributed by atoms with van der Waals surface area (Å²) in [6.07, 6.45) is 2.48. The van der Waals surface area contributed by atoms with Crippen molar-refractivity contribution in [2.24, 2.45) is 0 Å². The van der Waals surface area contributed by atoms with E-state index in [-0.39, 0.29) is 51.8 Å². The van der Waals surface area contributed by atoms with Crippen LogP contribution in [0.3, 0.4) is 0 Å². The van der Waals surface area contributed by atoms with Gasteiger partial charge in [-0.25, -0.2) is 40.5 Å². The zero-order valence-corrected chi connectivity index (χ0v) is 21.4. The van der Waals surface area contributed by atoms with Crippen LogP contribution in [0.25, 0.3) is 0 Å². The first-order valence-corrected chi connectivity index (χ1v) is 10.1. The first-order valence-electron chi connectivity index (χ1n) is 10.1. The molecule has 0 saturated heterocycles. The van der Waals surface area contributed by atoms with E-state index in [1.807, 2.05) is 0 Å². The molecule has 0 aliphatic heterocycles. The Morgan fingerprint density at radius 2 is 1.00 bits per heavy atom. The molecule has 0 rings (SSSR count). The Morgan fingerprint density at radius 1 is 0.743 bits per heavy atom. The highest BCUT2D eigenvalue weighted by Gasteiger charge is 2.03. The molecule has 0 amide bonds. The van der Waals surface area contributed by atoms with Crippen molar-refractivity contribution in [3.8, 4) is 0 Å². The molecule has 207 valence electrons. The van der Waals surface area contributed by atoms with Crippen molar-refractivity contribution in [2.45, 2.75) is 33.0 Å². The molecule has 11 nitrogen and oxygen atoms in total. The first-order chi connectivity index (χ1) is 16.5. The largest absolute Gasteiger partial charge is 0.478 e. The van der Waals surface area contributed by atoms with E-state index in [9.17, 15) is 4.79 Å². The molecule has 0 bridgehead atoms. The molecule has 0 fully saturated rings. The average Bonchev–Trinajstić information content (AvgIpc) is 2.76. The van der Waals surface area contributed by atoms with E-state index in [2.05, 4.69) is 62.3 Å². The van der Waals surface area contributed by atoms with Crippen LogP contribution in [-0.4, -0.2) is 70.2 Å². The fraction of sp³-hybridized carbons (Fsp3) is 0.542. The van der Waals surface area contributed by atoms with Gasteiger partial charge in [-0.2, -0.15) is 0 Å². The van der Waals surface area contributed by atoms with Crippen molar-refractivity contribution in [1.82, 2.24) is 0 Å². The highest BCUT2D eigenvalue weighted by molar-refractivity contribution is 5.85. The standard InChI is InChI=1S/C10H17O4.7C2H4O/c1-4-5-6-13-9(3)14-7-8(2)10(11)12;7*1-2-3/h7,9H,3-6H2,1-2H3,(H,11,12);7*1-2H2. The lowest BCUT2D eigenvalue weighted by molar-refractivity contribution is -0.133. The van der Waals surface area contributed by atoms with E-state index in [1.54, 1.807) is 0 Å². The summed E-state index contributed by atoms with van der Waals surface area (Å²) in [5.41, 5.74) is 0.123. The second-order valence-electron chi connectivity index (χ2n) is 4.32. The van der Waals surface area contributed by atoms with Gasteiger partial charge in [0.05, 0.1) is 64.7 Å². The number of unbranched alkanes of at least 4 members (excludes halogenated alkanes) is 1. The minimum Gasteiger partial charge on any atom is -0.478 e. The zero-order chi connectivity index (χ0) is 29.9. The van der Waals surface area contributed by atoms with Crippen LogP contribution in [0.2, 0.25) is 0 Å². The van der Waals surface area contributed by atoms with Crippen LogP contribution in [-0.2, 0) is 50.0 Å². The Hall–Kier alpha value is -1.31. The van der Waals surface area contributed by atoms with Crippen molar-refractivity contribution in [1.29, 1.82) is 0 Å². The number of aliphatic carboxylic acids is 1. The molecule has 0 aromatic rings. The molecule has 0 heterocycles. The molecule has 11 heteroatoms. The van der Waals surface area contributed by atoms with Gasteiger partial charge >= 0.3 is 5.97 Å². The van der Waals surface area contributed by atoms with Gasteiger partial charge in [0.2, 0.25) is 0 Å². The summed E-state index contributed by atoms with van der Waals surface area (Å²) in [7, 11) is 0. The smallest absolute Gasteiger partial charge is 0.334 e. The fourth-order valence-electron chi connectivity index (χ4n) is 0.627. The minimum atomic E-state index is -1.01. The number of hydrogen-bond donors (Lipinski definition) is 1. The maximum Gasteiger partial charge on any atom is 0.334 e. The molecule has 15 radical (unpaired) electrons. The van der Waals surface area contributed by atoms with Gasteiger partial charge in [0.15, 0.2) is 6.29 Å². The molecule has 0 aliphatic rings. The lowest BCUT2D eigenvalue weighted by Gasteiger charge is -2.11. The predicted molar refractivity (Wildman–Crippen MR) is 129 cm³/mol. The van der Waals surface area contributed by atoms with Crippen LogP contribution in [0.15, 0.2) is 11.8 Å². The van der Waals surface area contributed by atoms with Gasteiger partial charge in [-0.05, 0) is 61.8 Å². The molecule has 0 aliphatic carbocycles. The lowest BCUT2D eigenvalue weighted by Crippen LogP contribution is -2.12. The molecule has 0 aromatic heterocycles. The fourth-order valence-corrected chi connectivity index (χ4v) is 0.627. The molecule has 0 saturated carbocycles. The summed E-state index contributed by atoms with van der Waals surface area (Å²) in [5.74, 6) is -1.01.